The standard InChI is InChI=1S/C22H22F4N4O3/c23-16-5-3-4-15(12-16)21(33)27-13-20(32)30-10-8-29(9-11-30)14-19(31)28-18-7-2-1-6-17(18)22(24,25)26/h1-7,12H,8-11,13-14H2,(H,27,33)(H,28,31). The Morgan fingerprint density at radius 2 is 1.64 bits per heavy atom. The van der Waals surface area contributed by atoms with Crippen LogP contribution in [0.2, 0.25) is 0 Å². The van der Waals surface area contributed by atoms with Crippen LogP contribution >= 0.6 is 0 Å². The Balaban J connectivity index is 1.44. The van der Waals surface area contributed by atoms with Crippen LogP contribution in [0.15, 0.2) is 48.5 Å². The molecule has 0 radical (unpaired) electrons. The predicted molar refractivity (Wildman–Crippen MR) is 112 cm³/mol. The number of carbonyl (C=O) groups excluding carboxylic acids is 3. The van der Waals surface area contributed by atoms with Gasteiger partial charge in [-0.3, -0.25) is 19.3 Å². The van der Waals surface area contributed by atoms with Gasteiger partial charge in [0.1, 0.15) is 5.82 Å². The number of hydrogen-bond acceptors (Lipinski definition) is 4. The summed E-state index contributed by atoms with van der Waals surface area (Å²) in [6, 6.07) is 9.83. The maximum absolute atomic E-state index is 13.2. The molecule has 176 valence electrons. The van der Waals surface area contributed by atoms with E-state index in [4.69, 9.17) is 0 Å². The van der Waals surface area contributed by atoms with Crippen molar-refractivity contribution in [2.75, 3.05) is 44.6 Å². The van der Waals surface area contributed by atoms with Gasteiger partial charge in [0, 0.05) is 31.7 Å². The summed E-state index contributed by atoms with van der Waals surface area (Å²) in [6.07, 6.45) is -4.58. The summed E-state index contributed by atoms with van der Waals surface area (Å²) in [5.74, 6) is -2.05. The molecule has 0 atom stereocenters. The normalized spacial score (nSPS) is 14.6. The number of para-hydroxylation sites is 1. The molecule has 0 spiro atoms. The molecule has 7 nitrogen and oxygen atoms in total. The fourth-order valence-electron chi connectivity index (χ4n) is 3.39. The van der Waals surface area contributed by atoms with Crippen molar-refractivity contribution in [1.29, 1.82) is 0 Å². The third kappa shape index (κ3) is 6.75. The van der Waals surface area contributed by atoms with Gasteiger partial charge in [-0.1, -0.05) is 18.2 Å². The van der Waals surface area contributed by atoms with Gasteiger partial charge in [0.2, 0.25) is 11.8 Å². The number of piperazine rings is 1. The molecule has 0 aliphatic carbocycles. The maximum Gasteiger partial charge on any atom is 0.418 e. The lowest BCUT2D eigenvalue weighted by atomic mass is 10.1. The minimum absolute atomic E-state index is 0.103. The summed E-state index contributed by atoms with van der Waals surface area (Å²) >= 11 is 0. The molecule has 3 rings (SSSR count). The van der Waals surface area contributed by atoms with Crippen molar-refractivity contribution < 1.29 is 31.9 Å². The van der Waals surface area contributed by atoms with Gasteiger partial charge in [-0.25, -0.2) is 4.39 Å². The number of alkyl halides is 3. The Morgan fingerprint density at radius 3 is 2.30 bits per heavy atom. The van der Waals surface area contributed by atoms with Gasteiger partial charge in [-0.05, 0) is 30.3 Å². The van der Waals surface area contributed by atoms with E-state index in [9.17, 15) is 31.9 Å². The van der Waals surface area contributed by atoms with Crippen molar-refractivity contribution >= 4 is 23.4 Å². The van der Waals surface area contributed by atoms with E-state index in [0.29, 0.717) is 26.2 Å². The molecule has 1 saturated heterocycles. The smallest absolute Gasteiger partial charge is 0.343 e. The average molecular weight is 466 g/mol. The Bertz CT molecular complexity index is 1020. The first-order chi connectivity index (χ1) is 15.6. The van der Waals surface area contributed by atoms with Gasteiger partial charge in [0.25, 0.3) is 5.91 Å². The van der Waals surface area contributed by atoms with Crippen LogP contribution in [-0.4, -0.2) is 66.8 Å². The zero-order chi connectivity index (χ0) is 24.0. The minimum atomic E-state index is -4.58. The van der Waals surface area contributed by atoms with Crippen molar-refractivity contribution in [2.45, 2.75) is 6.18 Å². The highest BCUT2D eigenvalue weighted by Crippen LogP contribution is 2.34. The molecular weight excluding hydrogens is 444 g/mol. The van der Waals surface area contributed by atoms with Crippen molar-refractivity contribution in [3.8, 4) is 0 Å². The van der Waals surface area contributed by atoms with E-state index in [2.05, 4.69) is 10.6 Å². The Labute approximate surface area is 187 Å². The highest BCUT2D eigenvalue weighted by atomic mass is 19.4. The van der Waals surface area contributed by atoms with E-state index < -0.39 is 29.4 Å². The molecule has 1 aliphatic heterocycles. The van der Waals surface area contributed by atoms with E-state index in [-0.39, 0.29) is 30.2 Å². The predicted octanol–water partition coefficient (Wildman–Crippen LogP) is 2.36. The molecular formula is C22H22F4N4O3. The van der Waals surface area contributed by atoms with Crippen molar-refractivity contribution in [3.05, 3.63) is 65.5 Å². The molecule has 0 aromatic heterocycles. The molecule has 2 aromatic carbocycles. The van der Waals surface area contributed by atoms with Crippen LogP contribution in [0.25, 0.3) is 0 Å². The zero-order valence-corrected chi connectivity index (χ0v) is 17.5. The third-order valence-electron chi connectivity index (χ3n) is 5.09. The molecule has 11 heteroatoms. The minimum Gasteiger partial charge on any atom is -0.343 e. The van der Waals surface area contributed by atoms with Crippen LogP contribution in [0.5, 0.6) is 0 Å². The Hall–Kier alpha value is -3.47. The van der Waals surface area contributed by atoms with Gasteiger partial charge >= 0.3 is 6.18 Å². The molecule has 1 aliphatic rings. The topological polar surface area (TPSA) is 81.8 Å². The van der Waals surface area contributed by atoms with E-state index in [1.54, 1.807) is 4.90 Å². The van der Waals surface area contributed by atoms with Crippen LogP contribution in [0.1, 0.15) is 15.9 Å². The second kappa shape index (κ2) is 10.4. The highest BCUT2D eigenvalue weighted by molar-refractivity contribution is 5.96. The molecule has 2 aromatic rings. The van der Waals surface area contributed by atoms with Gasteiger partial charge in [0.05, 0.1) is 24.3 Å². The number of nitrogens with zero attached hydrogens (tertiary/aromatic N) is 2. The molecule has 0 unspecified atom stereocenters. The lowest BCUT2D eigenvalue weighted by molar-refractivity contribution is -0.137. The van der Waals surface area contributed by atoms with Crippen LogP contribution in [0, 0.1) is 5.82 Å². The first-order valence-corrected chi connectivity index (χ1v) is 10.1. The number of hydrogen-bond donors (Lipinski definition) is 2. The number of halogens is 4. The monoisotopic (exact) mass is 466 g/mol. The number of rotatable bonds is 6. The first kappa shape index (κ1) is 24.2. The average Bonchev–Trinajstić information content (AvgIpc) is 2.77. The van der Waals surface area contributed by atoms with Gasteiger partial charge in [-0.2, -0.15) is 13.2 Å². The lowest BCUT2D eigenvalue weighted by Crippen LogP contribution is -2.52. The fraction of sp³-hybridized carbons (Fsp3) is 0.318. The summed E-state index contributed by atoms with van der Waals surface area (Å²) in [4.78, 5) is 39.8. The number of nitrogens with one attached hydrogen (secondary N) is 2. The van der Waals surface area contributed by atoms with E-state index in [0.717, 1.165) is 12.1 Å². The largest absolute Gasteiger partial charge is 0.418 e. The Morgan fingerprint density at radius 1 is 0.939 bits per heavy atom. The molecule has 3 amide bonds. The van der Waals surface area contributed by atoms with Crippen LogP contribution in [-0.2, 0) is 15.8 Å². The number of amides is 3. The van der Waals surface area contributed by atoms with Gasteiger partial charge < -0.3 is 15.5 Å². The van der Waals surface area contributed by atoms with E-state index >= 15 is 0 Å². The van der Waals surface area contributed by atoms with Crippen LogP contribution in [0.3, 0.4) is 0 Å². The molecule has 0 bridgehead atoms. The van der Waals surface area contributed by atoms with Crippen molar-refractivity contribution in [2.24, 2.45) is 0 Å². The molecule has 1 heterocycles. The van der Waals surface area contributed by atoms with E-state index in [1.807, 2.05) is 0 Å². The van der Waals surface area contributed by atoms with Crippen molar-refractivity contribution in [1.82, 2.24) is 15.1 Å². The summed E-state index contributed by atoms with van der Waals surface area (Å²) < 4.78 is 52.4. The molecule has 0 saturated carbocycles. The molecule has 1 fully saturated rings. The summed E-state index contributed by atoms with van der Waals surface area (Å²) in [5, 5.41) is 4.74. The second-order valence-electron chi connectivity index (χ2n) is 7.44. The summed E-state index contributed by atoms with van der Waals surface area (Å²) in [5.41, 5.74) is -1.13. The number of carbonyl (C=O) groups is 3. The molecule has 33 heavy (non-hydrogen) atoms. The summed E-state index contributed by atoms with van der Waals surface area (Å²) in [7, 11) is 0. The first-order valence-electron chi connectivity index (χ1n) is 10.1. The number of benzene rings is 2. The van der Waals surface area contributed by atoms with Gasteiger partial charge in [-0.15, -0.1) is 0 Å². The number of anilines is 1. The van der Waals surface area contributed by atoms with Gasteiger partial charge in [0.15, 0.2) is 0 Å². The zero-order valence-electron chi connectivity index (χ0n) is 17.5. The van der Waals surface area contributed by atoms with Crippen LogP contribution in [0.4, 0.5) is 23.2 Å². The van der Waals surface area contributed by atoms with E-state index in [1.165, 1.54) is 41.3 Å². The SMILES string of the molecule is O=C(CN1CCN(C(=O)CNC(=O)c2cccc(F)c2)CC1)Nc1ccccc1C(F)(F)F. The highest BCUT2D eigenvalue weighted by Gasteiger charge is 2.33. The summed E-state index contributed by atoms with van der Waals surface area (Å²) in [6.45, 7) is 0.895. The quantitative estimate of drug-likeness (QED) is 0.641. The molecule has 2 N–H and O–H groups in total. The third-order valence-corrected chi connectivity index (χ3v) is 5.09. The lowest BCUT2D eigenvalue weighted by Gasteiger charge is -2.34. The second-order valence-corrected chi connectivity index (χ2v) is 7.44. The van der Waals surface area contributed by atoms with Crippen LogP contribution < -0.4 is 10.6 Å². The van der Waals surface area contributed by atoms with Crippen molar-refractivity contribution in [3.63, 3.8) is 0 Å². The fourth-order valence-corrected chi connectivity index (χ4v) is 3.39. The maximum atomic E-state index is 13.2. The Kier molecular flexibility index (Phi) is 7.64.